The molecule has 2 atom stereocenters. The van der Waals surface area contributed by atoms with Crippen LogP contribution in [0.15, 0.2) is 30.3 Å². The minimum Gasteiger partial charge on any atom is -0.481 e. The predicted octanol–water partition coefficient (Wildman–Crippen LogP) is 4.24. The van der Waals surface area contributed by atoms with Crippen LogP contribution in [0.5, 0.6) is 0 Å². The van der Waals surface area contributed by atoms with Crippen LogP contribution in [0.25, 0.3) is 11.3 Å². The van der Waals surface area contributed by atoms with Crippen molar-refractivity contribution in [2.75, 3.05) is 5.32 Å². The molecule has 5 nitrogen and oxygen atoms in total. The van der Waals surface area contributed by atoms with Gasteiger partial charge in [0.1, 0.15) is 5.69 Å². The zero-order valence-electron chi connectivity index (χ0n) is 14.0. The van der Waals surface area contributed by atoms with Gasteiger partial charge in [-0.05, 0) is 49.1 Å². The molecule has 0 aliphatic heterocycles. The molecular formula is C19H19ClFN3O2. The lowest BCUT2D eigenvalue weighted by atomic mass is 9.61. The van der Waals surface area contributed by atoms with Crippen LogP contribution in [0.2, 0.25) is 5.28 Å². The van der Waals surface area contributed by atoms with E-state index in [1.54, 1.807) is 24.3 Å². The second-order valence-corrected chi connectivity index (χ2v) is 7.42. The lowest BCUT2D eigenvalue weighted by Crippen LogP contribution is -2.51. The van der Waals surface area contributed by atoms with Crippen molar-refractivity contribution in [1.82, 2.24) is 9.97 Å². The van der Waals surface area contributed by atoms with E-state index < -0.39 is 17.7 Å². The summed E-state index contributed by atoms with van der Waals surface area (Å²) in [6.07, 6.45) is 3.75. The Morgan fingerprint density at radius 3 is 2.42 bits per heavy atom. The Morgan fingerprint density at radius 2 is 1.77 bits per heavy atom. The van der Waals surface area contributed by atoms with Crippen molar-refractivity contribution >= 4 is 23.4 Å². The van der Waals surface area contributed by atoms with Gasteiger partial charge in [0.25, 0.3) is 0 Å². The van der Waals surface area contributed by atoms with Gasteiger partial charge >= 0.3 is 5.97 Å². The minimum atomic E-state index is -0.833. The van der Waals surface area contributed by atoms with Crippen LogP contribution >= 0.6 is 11.6 Å². The molecule has 1 heterocycles. The zero-order valence-corrected chi connectivity index (χ0v) is 14.8. The maximum absolute atomic E-state index is 15.1. The lowest BCUT2D eigenvalue weighted by molar-refractivity contribution is -0.148. The number of hydrogen-bond acceptors (Lipinski definition) is 4. The normalized spacial score (nSPS) is 27.3. The highest BCUT2D eigenvalue weighted by Gasteiger charge is 2.47. The SMILES string of the molecule is O=C(O)C1C2CCC(CC2)C1Nc1nc(Cl)nc(-c2ccccc2)c1F. The molecule has 3 aliphatic carbocycles. The molecule has 3 saturated carbocycles. The van der Waals surface area contributed by atoms with E-state index in [1.807, 2.05) is 6.07 Å². The highest BCUT2D eigenvalue weighted by molar-refractivity contribution is 6.28. The second kappa shape index (κ2) is 6.83. The molecule has 0 amide bonds. The summed E-state index contributed by atoms with van der Waals surface area (Å²) in [6.45, 7) is 0. The van der Waals surface area contributed by atoms with Crippen LogP contribution in [0.4, 0.5) is 10.2 Å². The van der Waals surface area contributed by atoms with E-state index in [0.717, 1.165) is 25.7 Å². The van der Waals surface area contributed by atoms with Crippen LogP contribution in [0, 0.1) is 23.6 Å². The number of rotatable bonds is 4. The molecule has 5 rings (SSSR count). The van der Waals surface area contributed by atoms with Crippen LogP contribution in [0.1, 0.15) is 25.7 Å². The molecule has 1 aromatic carbocycles. The first-order chi connectivity index (χ1) is 12.5. The highest BCUT2D eigenvalue weighted by atomic mass is 35.5. The summed E-state index contributed by atoms with van der Waals surface area (Å²) in [5, 5.41) is 12.7. The summed E-state index contributed by atoms with van der Waals surface area (Å²) in [5.41, 5.74) is 0.707. The number of carboxylic acid groups (broad SMARTS) is 1. The number of halogens is 2. The van der Waals surface area contributed by atoms with Crippen LogP contribution in [-0.4, -0.2) is 27.1 Å². The summed E-state index contributed by atoms with van der Waals surface area (Å²) in [5.74, 6) is -1.66. The van der Waals surface area contributed by atoms with Gasteiger partial charge in [0, 0.05) is 11.6 Å². The number of carbonyl (C=O) groups is 1. The van der Waals surface area contributed by atoms with Gasteiger partial charge in [-0.25, -0.2) is 9.37 Å². The fourth-order valence-electron chi connectivity index (χ4n) is 4.47. The molecule has 0 saturated heterocycles. The Bertz CT molecular complexity index is 825. The Morgan fingerprint density at radius 1 is 1.12 bits per heavy atom. The Kier molecular flexibility index (Phi) is 4.53. The Labute approximate surface area is 155 Å². The van der Waals surface area contributed by atoms with E-state index in [0.29, 0.717) is 5.56 Å². The van der Waals surface area contributed by atoms with E-state index in [2.05, 4.69) is 15.3 Å². The fraction of sp³-hybridized carbons (Fsp3) is 0.421. The van der Waals surface area contributed by atoms with Crippen molar-refractivity contribution in [2.24, 2.45) is 17.8 Å². The monoisotopic (exact) mass is 375 g/mol. The van der Waals surface area contributed by atoms with Crippen molar-refractivity contribution in [2.45, 2.75) is 31.7 Å². The summed E-state index contributed by atoms with van der Waals surface area (Å²) >= 11 is 6.02. The van der Waals surface area contributed by atoms with Gasteiger partial charge in [0.2, 0.25) is 5.28 Å². The maximum Gasteiger partial charge on any atom is 0.308 e. The molecule has 26 heavy (non-hydrogen) atoms. The average Bonchev–Trinajstić information content (AvgIpc) is 2.65. The third-order valence-electron chi connectivity index (χ3n) is 5.68. The van der Waals surface area contributed by atoms with E-state index in [4.69, 9.17) is 11.6 Å². The lowest BCUT2D eigenvalue weighted by Gasteiger charge is -2.47. The van der Waals surface area contributed by atoms with Gasteiger partial charge in [0.15, 0.2) is 11.6 Å². The average molecular weight is 376 g/mol. The molecule has 3 aliphatic rings. The molecule has 2 aromatic rings. The summed E-state index contributed by atoms with van der Waals surface area (Å²) in [4.78, 5) is 19.8. The Balaban J connectivity index is 1.70. The smallest absolute Gasteiger partial charge is 0.308 e. The topological polar surface area (TPSA) is 75.1 Å². The molecule has 7 heteroatoms. The maximum atomic E-state index is 15.1. The molecule has 136 valence electrons. The summed E-state index contributed by atoms with van der Waals surface area (Å²) in [6, 6.07) is 8.56. The van der Waals surface area contributed by atoms with Crippen LogP contribution in [-0.2, 0) is 4.79 Å². The van der Waals surface area contributed by atoms with Gasteiger partial charge in [-0.1, -0.05) is 30.3 Å². The van der Waals surface area contributed by atoms with Crippen LogP contribution < -0.4 is 5.32 Å². The van der Waals surface area contributed by atoms with Gasteiger partial charge in [-0.2, -0.15) is 4.98 Å². The van der Waals surface area contributed by atoms with E-state index >= 15 is 4.39 Å². The van der Waals surface area contributed by atoms with Crippen molar-refractivity contribution in [1.29, 1.82) is 0 Å². The molecule has 1 aromatic heterocycles. The van der Waals surface area contributed by atoms with Gasteiger partial charge in [0.05, 0.1) is 5.92 Å². The molecule has 2 unspecified atom stereocenters. The van der Waals surface area contributed by atoms with E-state index in [-0.39, 0.29) is 34.7 Å². The Hall–Kier alpha value is -2.21. The van der Waals surface area contributed by atoms with Crippen molar-refractivity contribution in [3.05, 3.63) is 41.4 Å². The first-order valence-corrected chi connectivity index (χ1v) is 9.20. The fourth-order valence-corrected chi connectivity index (χ4v) is 4.64. The largest absolute Gasteiger partial charge is 0.481 e. The number of benzene rings is 1. The number of aromatic nitrogens is 2. The van der Waals surface area contributed by atoms with Gasteiger partial charge < -0.3 is 10.4 Å². The third-order valence-corrected chi connectivity index (χ3v) is 5.85. The van der Waals surface area contributed by atoms with Crippen molar-refractivity contribution in [3.8, 4) is 11.3 Å². The van der Waals surface area contributed by atoms with E-state index in [1.165, 1.54) is 0 Å². The zero-order chi connectivity index (χ0) is 18.3. The minimum absolute atomic E-state index is 0.0207. The second-order valence-electron chi connectivity index (χ2n) is 7.08. The number of nitrogens with zero attached hydrogens (tertiary/aromatic N) is 2. The molecule has 2 N–H and O–H groups in total. The first-order valence-electron chi connectivity index (χ1n) is 8.82. The predicted molar refractivity (Wildman–Crippen MR) is 96.4 cm³/mol. The molecule has 3 fully saturated rings. The quantitative estimate of drug-likeness (QED) is 0.782. The molecule has 0 spiro atoms. The highest BCUT2D eigenvalue weighted by Crippen LogP contribution is 2.46. The molecular weight excluding hydrogens is 357 g/mol. The third kappa shape index (κ3) is 3.03. The molecule has 0 radical (unpaired) electrons. The van der Waals surface area contributed by atoms with Crippen LogP contribution in [0.3, 0.4) is 0 Å². The molecule has 2 bridgehead atoms. The first kappa shape index (κ1) is 17.2. The number of nitrogens with one attached hydrogen (secondary N) is 1. The summed E-state index contributed by atoms with van der Waals surface area (Å²) < 4.78 is 15.1. The summed E-state index contributed by atoms with van der Waals surface area (Å²) in [7, 11) is 0. The number of fused-ring (bicyclic) bond motifs is 3. The number of anilines is 1. The number of hydrogen-bond donors (Lipinski definition) is 2. The standard InChI is InChI=1S/C19H19ClFN3O2/c20-19-23-16(11-4-2-1-3-5-11)14(21)17(24-19)22-15-12-8-6-10(7-9-12)13(15)18(25)26/h1-5,10,12-13,15H,6-9H2,(H,25,26)(H,22,23,24). The van der Waals surface area contributed by atoms with E-state index in [9.17, 15) is 9.90 Å². The van der Waals surface area contributed by atoms with Gasteiger partial charge in [-0.3, -0.25) is 4.79 Å². The number of aliphatic carboxylic acids is 1. The van der Waals surface area contributed by atoms with Crippen molar-refractivity contribution < 1.29 is 14.3 Å². The van der Waals surface area contributed by atoms with Gasteiger partial charge in [-0.15, -0.1) is 0 Å². The number of carboxylic acids is 1. The van der Waals surface area contributed by atoms with Crippen molar-refractivity contribution in [3.63, 3.8) is 0 Å².